The van der Waals surface area contributed by atoms with Crippen molar-refractivity contribution in [2.24, 2.45) is 11.8 Å². The van der Waals surface area contributed by atoms with E-state index in [0.29, 0.717) is 0 Å². The third-order valence-corrected chi connectivity index (χ3v) is 4.77. The summed E-state index contributed by atoms with van der Waals surface area (Å²) in [4.78, 5) is 2.54. The predicted octanol–water partition coefficient (Wildman–Crippen LogP) is 4.37. The Morgan fingerprint density at radius 3 is 2.65 bits per heavy atom. The number of piperidine rings is 1. The molecule has 17 heavy (non-hydrogen) atoms. The van der Waals surface area contributed by atoms with Gasteiger partial charge in [-0.2, -0.15) is 0 Å². The highest BCUT2D eigenvalue weighted by Crippen LogP contribution is 2.28. The van der Waals surface area contributed by atoms with Gasteiger partial charge in [0.25, 0.3) is 0 Å². The van der Waals surface area contributed by atoms with E-state index in [1.807, 2.05) is 0 Å². The fourth-order valence-corrected chi connectivity index (χ4v) is 3.15. The number of anilines is 1. The number of hydrogen-bond acceptors (Lipinski definition) is 1. The fourth-order valence-electron chi connectivity index (χ4n) is 2.52. The summed E-state index contributed by atoms with van der Waals surface area (Å²) in [5, 5.41) is 0.951. The summed E-state index contributed by atoms with van der Waals surface area (Å²) in [7, 11) is 0. The van der Waals surface area contributed by atoms with Crippen LogP contribution in [0.1, 0.15) is 31.4 Å². The van der Waals surface area contributed by atoms with Crippen molar-refractivity contribution in [1.29, 1.82) is 0 Å². The Morgan fingerprint density at radius 2 is 2.06 bits per heavy atom. The van der Waals surface area contributed by atoms with Gasteiger partial charge in [-0.05, 0) is 48.4 Å². The summed E-state index contributed by atoms with van der Waals surface area (Å²) in [6.07, 6.45) is 1.32. The molecular formula is C15H22BrN. The second kappa shape index (κ2) is 5.43. The van der Waals surface area contributed by atoms with E-state index in [0.717, 1.165) is 17.2 Å². The van der Waals surface area contributed by atoms with Gasteiger partial charge in [0.05, 0.1) is 0 Å². The largest absolute Gasteiger partial charge is 0.371 e. The molecule has 0 N–H and O–H groups in total. The first-order valence-electron chi connectivity index (χ1n) is 6.52. The third-order valence-electron chi connectivity index (χ3n) is 4.17. The van der Waals surface area contributed by atoms with E-state index in [2.05, 4.69) is 59.8 Å². The van der Waals surface area contributed by atoms with Gasteiger partial charge in [0, 0.05) is 24.1 Å². The number of halogens is 1. The van der Waals surface area contributed by atoms with Gasteiger partial charge in [0.15, 0.2) is 0 Å². The maximum absolute atomic E-state index is 3.53. The summed E-state index contributed by atoms with van der Waals surface area (Å²) in [5.41, 5.74) is 4.18. The number of hydrogen-bond donors (Lipinski definition) is 0. The molecule has 1 heterocycles. The molecule has 1 aliphatic rings. The van der Waals surface area contributed by atoms with E-state index >= 15 is 0 Å². The Bertz CT molecular complexity index is 389. The zero-order valence-corrected chi connectivity index (χ0v) is 12.6. The Morgan fingerprint density at radius 1 is 1.29 bits per heavy atom. The van der Waals surface area contributed by atoms with Crippen LogP contribution in [0.25, 0.3) is 0 Å². The van der Waals surface area contributed by atoms with Crippen molar-refractivity contribution in [2.75, 3.05) is 18.0 Å². The lowest BCUT2D eigenvalue weighted by Gasteiger charge is -2.37. The van der Waals surface area contributed by atoms with Crippen molar-refractivity contribution in [3.8, 4) is 0 Å². The van der Waals surface area contributed by atoms with Crippen LogP contribution in [0, 0.1) is 18.8 Å². The quantitative estimate of drug-likeness (QED) is 0.732. The Kier molecular flexibility index (Phi) is 4.13. The van der Waals surface area contributed by atoms with Crippen molar-refractivity contribution in [2.45, 2.75) is 32.5 Å². The van der Waals surface area contributed by atoms with E-state index in [4.69, 9.17) is 0 Å². The second-order valence-corrected chi connectivity index (χ2v) is 5.99. The smallest absolute Gasteiger partial charge is 0.0369 e. The van der Waals surface area contributed by atoms with E-state index < -0.39 is 0 Å². The first-order chi connectivity index (χ1) is 8.11. The highest BCUT2D eigenvalue weighted by atomic mass is 79.9. The maximum Gasteiger partial charge on any atom is 0.0369 e. The average Bonchev–Trinajstić information content (AvgIpc) is 2.32. The molecule has 2 atom stereocenters. The molecule has 0 amide bonds. The molecule has 1 saturated heterocycles. The maximum atomic E-state index is 3.53. The van der Waals surface area contributed by atoms with Crippen molar-refractivity contribution in [1.82, 2.24) is 0 Å². The molecule has 1 aromatic rings. The lowest BCUT2D eigenvalue weighted by Crippen LogP contribution is -2.38. The second-order valence-electron chi connectivity index (χ2n) is 5.43. The van der Waals surface area contributed by atoms with E-state index in [9.17, 15) is 0 Å². The summed E-state index contributed by atoms with van der Waals surface area (Å²) < 4.78 is 0. The van der Waals surface area contributed by atoms with Crippen LogP contribution < -0.4 is 4.90 Å². The lowest BCUT2D eigenvalue weighted by atomic mass is 9.88. The van der Waals surface area contributed by atoms with E-state index in [-0.39, 0.29) is 0 Å². The summed E-state index contributed by atoms with van der Waals surface area (Å²) in [5.74, 6) is 1.68. The Labute approximate surface area is 113 Å². The molecule has 0 spiro atoms. The van der Waals surface area contributed by atoms with Gasteiger partial charge in [-0.25, -0.2) is 0 Å². The molecule has 94 valence electrons. The van der Waals surface area contributed by atoms with Crippen LogP contribution in [0.4, 0.5) is 5.69 Å². The van der Waals surface area contributed by atoms with Gasteiger partial charge in [-0.1, -0.05) is 35.8 Å². The van der Waals surface area contributed by atoms with Crippen molar-refractivity contribution < 1.29 is 0 Å². The van der Waals surface area contributed by atoms with Gasteiger partial charge < -0.3 is 4.90 Å². The molecular weight excluding hydrogens is 274 g/mol. The predicted molar refractivity (Wildman–Crippen MR) is 79.0 cm³/mol. The fraction of sp³-hybridized carbons (Fsp3) is 0.600. The van der Waals surface area contributed by atoms with Crippen LogP contribution in [0.2, 0.25) is 0 Å². The molecule has 0 saturated carbocycles. The minimum atomic E-state index is 0.805. The van der Waals surface area contributed by atoms with Gasteiger partial charge in [0.2, 0.25) is 0 Å². The SMILES string of the molecule is Cc1cc(N2CCC(C)C(C)C2)ccc1CBr. The summed E-state index contributed by atoms with van der Waals surface area (Å²) >= 11 is 3.53. The molecule has 1 aromatic carbocycles. The standard InChI is InChI=1S/C15H22BrN/c1-11-6-7-17(10-13(11)3)15-5-4-14(9-16)12(2)8-15/h4-5,8,11,13H,6-7,9-10H2,1-3H3. The van der Waals surface area contributed by atoms with Crippen molar-refractivity contribution in [3.05, 3.63) is 29.3 Å². The van der Waals surface area contributed by atoms with Crippen LogP contribution in [0.5, 0.6) is 0 Å². The molecule has 1 fully saturated rings. The molecule has 1 nitrogen and oxygen atoms in total. The highest BCUT2D eigenvalue weighted by Gasteiger charge is 2.22. The van der Waals surface area contributed by atoms with Crippen LogP contribution >= 0.6 is 15.9 Å². The molecule has 0 aromatic heterocycles. The zero-order valence-electron chi connectivity index (χ0n) is 11.0. The normalized spacial score (nSPS) is 25.1. The lowest BCUT2D eigenvalue weighted by molar-refractivity contribution is 0.324. The summed E-state index contributed by atoms with van der Waals surface area (Å²) in [6.45, 7) is 9.36. The van der Waals surface area contributed by atoms with Gasteiger partial charge in [-0.3, -0.25) is 0 Å². The molecule has 0 aliphatic carbocycles. The minimum absolute atomic E-state index is 0.805. The van der Waals surface area contributed by atoms with Gasteiger partial charge in [-0.15, -0.1) is 0 Å². The molecule has 0 bridgehead atoms. The van der Waals surface area contributed by atoms with Gasteiger partial charge in [0.1, 0.15) is 0 Å². The van der Waals surface area contributed by atoms with Crippen LogP contribution in [0.15, 0.2) is 18.2 Å². The number of alkyl halides is 1. The first kappa shape index (κ1) is 12.9. The van der Waals surface area contributed by atoms with Crippen LogP contribution in [-0.4, -0.2) is 13.1 Å². The van der Waals surface area contributed by atoms with Crippen molar-refractivity contribution in [3.63, 3.8) is 0 Å². The third kappa shape index (κ3) is 2.85. The van der Waals surface area contributed by atoms with Gasteiger partial charge >= 0.3 is 0 Å². The topological polar surface area (TPSA) is 3.24 Å². The van der Waals surface area contributed by atoms with E-state index in [1.54, 1.807) is 0 Å². The first-order valence-corrected chi connectivity index (χ1v) is 7.64. The molecule has 2 unspecified atom stereocenters. The van der Waals surface area contributed by atoms with Crippen LogP contribution in [-0.2, 0) is 5.33 Å². The Balaban J connectivity index is 2.15. The Hall–Kier alpha value is -0.500. The monoisotopic (exact) mass is 295 g/mol. The van der Waals surface area contributed by atoms with E-state index in [1.165, 1.54) is 36.3 Å². The molecule has 2 heteroatoms. The number of rotatable bonds is 2. The molecule has 1 aliphatic heterocycles. The zero-order chi connectivity index (χ0) is 12.4. The number of benzene rings is 1. The molecule has 2 rings (SSSR count). The number of aryl methyl sites for hydroxylation is 1. The number of nitrogens with zero attached hydrogens (tertiary/aromatic N) is 1. The molecule has 0 radical (unpaired) electrons. The van der Waals surface area contributed by atoms with Crippen molar-refractivity contribution >= 4 is 21.6 Å². The van der Waals surface area contributed by atoms with Crippen LogP contribution in [0.3, 0.4) is 0 Å². The average molecular weight is 296 g/mol. The highest BCUT2D eigenvalue weighted by molar-refractivity contribution is 9.08. The minimum Gasteiger partial charge on any atom is -0.371 e. The summed E-state index contributed by atoms with van der Waals surface area (Å²) in [6, 6.07) is 6.85.